The fourth-order valence-electron chi connectivity index (χ4n) is 3.43. The number of carbonyl (C=O) groups excluding carboxylic acids is 1. The molecule has 3 aromatic rings. The van der Waals surface area contributed by atoms with Gasteiger partial charge in [0.25, 0.3) is 0 Å². The van der Waals surface area contributed by atoms with Crippen molar-refractivity contribution in [2.75, 3.05) is 31.1 Å². The highest BCUT2D eigenvalue weighted by atomic mass is 16.2. The number of amides is 1. The minimum Gasteiger partial charge on any atom is -0.353 e. The number of nitrogens with zero attached hydrogens (tertiary/aromatic N) is 3. The molecule has 0 aliphatic carbocycles. The zero-order valence-corrected chi connectivity index (χ0v) is 14.4. The smallest absolute Gasteiger partial charge is 0.219 e. The Morgan fingerprint density at radius 1 is 0.920 bits per heavy atom. The van der Waals surface area contributed by atoms with E-state index in [0.29, 0.717) is 0 Å². The lowest BCUT2D eigenvalue weighted by Crippen LogP contribution is -2.48. The van der Waals surface area contributed by atoms with E-state index in [1.54, 1.807) is 6.92 Å². The second-order valence-electron chi connectivity index (χ2n) is 6.40. The van der Waals surface area contributed by atoms with Crippen molar-refractivity contribution in [3.63, 3.8) is 0 Å². The monoisotopic (exact) mass is 331 g/mol. The number of hydrogen-bond donors (Lipinski definition) is 0. The number of piperazine rings is 1. The van der Waals surface area contributed by atoms with E-state index in [-0.39, 0.29) is 5.91 Å². The maximum atomic E-state index is 11.5. The quantitative estimate of drug-likeness (QED) is 0.720. The van der Waals surface area contributed by atoms with Crippen LogP contribution in [0.2, 0.25) is 0 Å². The van der Waals surface area contributed by atoms with Crippen LogP contribution in [-0.4, -0.2) is 42.0 Å². The Hall–Kier alpha value is -2.88. The lowest BCUT2D eigenvalue weighted by Gasteiger charge is -2.35. The van der Waals surface area contributed by atoms with Crippen LogP contribution in [-0.2, 0) is 4.79 Å². The van der Waals surface area contributed by atoms with E-state index in [0.717, 1.165) is 37.5 Å². The van der Waals surface area contributed by atoms with E-state index in [1.165, 1.54) is 16.5 Å². The molecule has 1 aromatic heterocycles. The highest BCUT2D eigenvalue weighted by Crippen LogP contribution is 2.31. The summed E-state index contributed by atoms with van der Waals surface area (Å²) in [5.41, 5.74) is 3.41. The number of hydrogen-bond acceptors (Lipinski definition) is 3. The number of anilines is 1. The molecule has 4 nitrogen and oxygen atoms in total. The van der Waals surface area contributed by atoms with Crippen LogP contribution in [0.15, 0.2) is 60.7 Å². The highest BCUT2D eigenvalue weighted by Gasteiger charge is 2.20. The third-order valence-corrected chi connectivity index (χ3v) is 4.84. The van der Waals surface area contributed by atoms with E-state index in [2.05, 4.69) is 53.4 Å². The van der Waals surface area contributed by atoms with Crippen LogP contribution in [0.5, 0.6) is 0 Å². The minimum absolute atomic E-state index is 0.149. The molecule has 2 heterocycles. The number of benzene rings is 2. The first-order valence-corrected chi connectivity index (χ1v) is 8.68. The number of aromatic nitrogens is 1. The third kappa shape index (κ3) is 3.07. The molecule has 126 valence electrons. The lowest BCUT2D eigenvalue weighted by molar-refractivity contribution is -0.129. The van der Waals surface area contributed by atoms with Gasteiger partial charge in [-0.3, -0.25) is 4.79 Å². The van der Waals surface area contributed by atoms with Crippen LogP contribution in [0, 0.1) is 0 Å². The normalized spacial score (nSPS) is 14.8. The summed E-state index contributed by atoms with van der Waals surface area (Å²) in [6.07, 6.45) is 0. The fraction of sp³-hybridized carbons (Fsp3) is 0.238. The predicted molar refractivity (Wildman–Crippen MR) is 102 cm³/mol. The summed E-state index contributed by atoms with van der Waals surface area (Å²) in [6, 6.07) is 20.9. The van der Waals surface area contributed by atoms with Crippen molar-refractivity contribution < 1.29 is 4.79 Å². The van der Waals surface area contributed by atoms with Gasteiger partial charge in [0.2, 0.25) is 5.91 Å². The molecule has 0 bridgehead atoms. The molecule has 4 heteroatoms. The van der Waals surface area contributed by atoms with E-state index in [4.69, 9.17) is 4.98 Å². The van der Waals surface area contributed by atoms with E-state index < -0.39 is 0 Å². The van der Waals surface area contributed by atoms with E-state index >= 15 is 0 Å². The summed E-state index contributed by atoms with van der Waals surface area (Å²) in [4.78, 5) is 20.6. The Morgan fingerprint density at radius 2 is 1.60 bits per heavy atom. The molecule has 1 fully saturated rings. The van der Waals surface area contributed by atoms with Crippen LogP contribution < -0.4 is 4.90 Å². The van der Waals surface area contributed by atoms with Crippen molar-refractivity contribution in [2.45, 2.75) is 6.92 Å². The van der Waals surface area contributed by atoms with Gasteiger partial charge in [-0.05, 0) is 23.3 Å². The van der Waals surface area contributed by atoms with Crippen molar-refractivity contribution in [1.82, 2.24) is 9.88 Å². The number of carbonyl (C=O) groups is 1. The van der Waals surface area contributed by atoms with Crippen molar-refractivity contribution in [1.29, 1.82) is 0 Å². The molecule has 1 amide bonds. The third-order valence-electron chi connectivity index (χ3n) is 4.84. The van der Waals surface area contributed by atoms with Gasteiger partial charge in [-0.25, -0.2) is 4.98 Å². The molecule has 0 unspecified atom stereocenters. The molecule has 0 saturated carbocycles. The molecule has 0 atom stereocenters. The fourth-order valence-corrected chi connectivity index (χ4v) is 3.43. The Kier molecular flexibility index (Phi) is 4.10. The number of fused-ring (bicyclic) bond motifs is 1. The first kappa shape index (κ1) is 15.6. The topological polar surface area (TPSA) is 36.4 Å². The Bertz CT molecular complexity index is 899. The molecule has 1 saturated heterocycles. The van der Waals surface area contributed by atoms with Gasteiger partial charge in [0.05, 0.1) is 5.52 Å². The number of para-hydroxylation sites is 1. The van der Waals surface area contributed by atoms with Crippen LogP contribution in [0.25, 0.3) is 22.0 Å². The van der Waals surface area contributed by atoms with Crippen molar-refractivity contribution in [3.8, 4) is 11.1 Å². The molecule has 4 rings (SSSR count). The van der Waals surface area contributed by atoms with Crippen molar-refractivity contribution in [3.05, 3.63) is 60.7 Å². The van der Waals surface area contributed by atoms with E-state index in [1.807, 2.05) is 17.0 Å². The van der Waals surface area contributed by atoms with Gasteiger partial charge in [0, 0.05) is 38.5 Å². The molecule has 1 aliphatic heterocycles. The Balaban J connectivity index is 1.75. The van der Waals surface area contributed by atoms with Crippen LogP contribution in [0.1, 0.15) is 6.92 Å². The number of rotatable bonds is 2. The van der Waals surface area contributed by atoms with Gasteiger partial charge >= 0.3 is 0 Å². The van der Waals surface area contributed by atoms with Crippen LogP contribution >= 0.6 is 0 Å². The van der Waals surface area contributed by atoms with Crippen molar-refractivity contribution in [2.24, 2.45) is 0 Å². The van der Waals surface area contributed by atoms with Gasteiger partial charge in [0.1, 0.15) is 5.82 Å². The second-order valence-corrected chi connectivity index (χ2v) is 6.40. The SMILES string of the molecule is CC(=O)N1CCN(c2cc(-c3ccccc3)c3ccccc3n2)CC1. The van der Waals surface area contributed by atoms with Crippen molar-refractivity contribution >= 4 is 22.6 Å². The predicted octanol–water partition coefficient (Wildman–Crippen LogP) is 3.57. The van der Waals surface area contributed by atoms with Gasteiger partial charge < -0.3 is 9.80 Å². The maximum Gasteiger partial charge on any atom is 0.219 e. The Morgan fingerprint density at radius 3 is 2.32 bits per heavy atom. The zero-order chi connectivity index (χ0) is 17.2. The van der Waals surface area contributed by atoms with Gasteiger partial charge in [-0.1, -0.05) is 48.5 Å². The zero-order valence-electron chi connectivity index (χ0n) is 14.4. The van der Waals surface area contributed by atoms with Crippen LogP contribution in [0.4, 0.5) is 5.82 Å². The molecular weight excluding hydrogens is 310 g/mol. The summed E-state index contributed by atoms with van der Waals surface area (Å²) in [5, 5.41) is 1.17. The molecule has 0 N–H and O–H groups in total. The lowest BCUT2D eigenvalue weighted by atomic mass is 10.0. The number of pyridine rings is 1. The summed E-state index contributed by atoms with van der Waals surface area (Å²) < 4.78 is 0. The Labute approximate surface area is 147 Å². The maximum absolute atomic E-state index is 11.5. The molecule has 1 aliphatic rings. The minimum atomic E-state index is 0.149. The average molecular weight is 331 g/mol. The molecule has 25 heavy (non-hydrogen) atoms. The van der Waals surface area contributed by atoms with Gasteiger partial charge in [-0.15, -0.1) is 0 Å². The van der Waals surface area contributed by atoms with Gasteiger partial charge in [0.15, 0.2) is 0 Å². The van der Waals surface area contributed by atoms with Gasteiger partial charge in [-0.2, -0.15) is 0 Å². The average Bonchev–Trinajstić information content (AvgIpc) is 2.68. The summed E-state index contributed by atoms with van der Waals surface area (Å²) in [5.74, 6) is 1.14. The largest absolute Gasteiger partial charge is 0.353 e. The standard InChI is InChI=1S/C21H21N3O/c1-16(25)23-11-13-24(14-12-23)21-15-19(17-7-3-2-4-8-17)18-9-5-6-10-20(18)22-21/h2-10,15H,11-14H2,1H3. The molecular formula is C21H21N3O. The highest BCUT2D eigenvalue weighted by molar-refractivity contribution is 5.96. The first-order chi connectivity index (χ1) is 12.2. The molecule has 0 radical (unpaired) electrons. The summed E-state index contributed by atoms with van der Waals surface area (Å²) in [7, 11) is 0. The first-order valence-electron chi connectivity index (χ1n) is 8.68. The summed E-state index contributed by atoms with van der Waals surface area (Å²) in [6.45, 7) is 4.78. The van der Waals surface area contributed by atoms with Crippen LogP contribution in [0.3, 0.4) is 0 Å². The summed E-state index contributed by atoms with van der Waals surface area (Å²) >= 11 is 0. The van der Waals surface area contributed by atoms with E-state index in [9.17, 15) is 4.79 Å². The second kappa shape index (κ2) is 6.55. The molecule has 2 aromatic carbocycles. The molecule has 0 spiro atoms.